The summed E-state index contributed by atoms with van der Waals surface area (Å²) in [5.41, 5.74) is 4.23. The summed E-state index contributed by atoms with van der Waals surface area (Å²) in [6, 6.07) is 19.8. The third-order valence-electron chi connectivity index (χ3n) is 4.63. The number of nitrogens with zero attached hydrogens (tertiary/aromatic N) is 1. The van der Waals surface area contributed by atoms with Crippen LogP contribution in [0, 0.1) is 6.92 Å². The average molecular weight is 379 g/mol. The highest BCUT2D eigenvalue weighted by atomic mass is 16.5. The van der Waals surface area contributed by atoms with Crippen LogP contribution in [0.5, 0.6) is 11.5 Å². The Morgan fingerprint density at radius 3 is 2.50 bits per heavy atom. The molecule has 0 radical (unpaired) electrons. The standard InChI is InChI=1S/C23H25NO4/c1-17-4-3-5-21(16-17)28-15-14-24-19(9-13-23(25)26)8-12-22(24)18-6-10-20(27-2)11-7-18/h3-8,10-12,16H,9,13-15H2,1-2H3,(H,25,26). The van der Waals surface area contributed by atoms with Crippen molar-refractivity contribution in [3.05, 3.63) is 71.9 Å². The van der Waals surface area contributed by atoms with Crippen molar-refractivity contribution < 1.29 is 19.4 Å². The first kappa shape index (κ1) is 19.5. The average Bonchev–Trinajstić information content (AvgIpc) is 3.09. The van der Waals surface area contributed by atoms with E-state index >= 15 is 0 Å². The number of benzene rings is 2. The second-order valence-electron chi connectivity index (χ2n) is 6.65. The van der Waals surface area contributed by atoms with Crippen LogP contribution < -0.4 is 9.47 Å². The van der Waals surface area contributed by atoms with Gasteiger partial charge in [-0.1, -0.05) is 12.1 Å². The van der Waals surface area contributed by atoms with Gasteiger partial charge < -0.3 is 19.1 Å². The molecule has 0 spiro atoms. The number of aromatic nitrogens is 1. The first-order chi connectivity index (χ1) is 13.6. The molecule has 28 heavy (non-hydrogen) atoms. The van der Waals surface area contributed by atoms with Gasteiger partial charge >= 0.3 is 5.97 Å². The summed E-state index contributed by atoms with van der Waals surface area (Å²) in [4.78, 5) is 11.0. The fourth-order valence-corrected chi connectivity index (χ4v) is 3.20. The van der Waals surface area contributed by atoms with E-state index in [1.807, 2.05) is 67.6 Å². The molecule has 1 N–H and O–H groups in total. The number of carboxylic acids is 1. The zero-order chi connectivity index (χ0) is 19.9. The lowest BCUT2D eigenvalue weighted by Crippen LogP contribution is -2.13. The second kappa shape index (κ2) is 9.13. The maximum atomic E-state index is 11.0. The molecule has 0 aliphatic rings. The number of rotatable bonds is 9. The van der Waals surface area contributed by atoms with Crippen LogP contribution in [0.4, 0.5) is 0 Å². The first-order valence-electron chi connectivity index (χ1n) is 9.31. The van der Waals surface area contributed by atoms with Gasteiger partial charge in [-0.3, -0.25) is 4.79 Å². The topological polar surface area (TPSA) is 60.7 Å². The molecular formula is C23H25NO4. The largest absolute Gasteiger partial charge is 0.497 e. The molecule has 0 bridgehead atoms. The minimum absolute atomic E-state index is 0.102. The number of carboxylic acid groups (broad SMARTS) is 1. The quantitative estimate of drug-likeness (QED) is 0.592. The molecule has 0 aliphatic heterocycles. The summed E-state index contributed by atoms with van der Waals surface area (Å²) in [7, 11) is 1.64. The van der Waals surface area contributed by atoms with Crippen molar-refractivity contribution >= 4 is 5.97 Å². The third-order valence-corrected chi connectivity index (χ3v) is 4.63. The van der Waals surface area contributed by atoms with Gasteiger partial charge in [-0.05, 0) is 73.0 Å². The molecule has 0 unspecified atom stereocenters. The maximum absolute atomic E-state index is 11.0. The zero-order valence-electron chi connectivity index (χ0n) is 16.2. The number of methoxy groups -OCH3 is 1. The molecule has 5 nitrogen and oxygen atoms in total. The number of carbonyl (C=O) groups is 1. The van der Waals surface area contributed by atoms with Gasteiger partial charge in [0.15, 0.2) is 0 Å². The Morgan fingerprint density at radius 1 is 1.04 bits per heavy atom. The van der Waals surface area contributed by atoms with E-state index in [4.69, 9.17) is 14.6 Å². The third kappa shape index (κ3) is 4.94. The Morgan fingerprint density at radius 2 is 1.82 bits per heavy atom. The predicted molar refractivity (Wildman–Crippen MR) is 109 cm³/mol. The van der Waals surface area contributed by atoms with Gasteiger partial charge in [-0.25, -0.2) is 0 Å². The van der Waals surface area contributed by atoms with Crippen LogP contribution in [0.3, 0.4) is 0 Å². The van der Waals surface area contributed by atoms with Crippen molar-refractivity contribution in [3.63, 3.8) is 0 Å². The molecule has 0 saturated heterocycles. The number of aryl methyl sites for hydroxylation is 2. The summed E-state index contributed by atoms with van der Waals surface area (Å²) in [6.07, 6.45) is 0.584. The Bertz CT molecular complexity index is 928. The van der Waals surface area contributed by atoms with Crippen molar-refractivity contribution in [1.29, 1.82) is 0 Å². The Hall–Kier alpha value is -3.21. The monoisotopic (exact) mass is 379 g/mol. The fourth-order valence-electron chi connectivity index (χ4n) is 3.20. The van der Waals surface area contributed by atoms with E-state index < -0.39 is 5.97 Å². The lowest BCUT2D eigenvalue weighted by molar-refractivity contribution is -0.136. The van der Waals surface area contributed by atoms with Gasteiger partial charge in [-0.15, -0.1) is 0 Å². The molecule has 1 heterocycles. The molecule has 2 aromatic carbocycles. The number of hydrogen-bond acceptors (Lipinski definition) is 3. The van der Waals surface area contributed by atoms with Gasteiger partial charge in [0.2, 0.25) is 0 Å². The molecule has 5 heteroatoms. The second-order valence-corrected chi connectivity index (χ2v) is 6.65. The van der Waals surface area contributed by atoms with Crippen molar-refractivity contribution in [2.75, 3.05) is 13.7 Å². The normalized spacial score (nSPS) is 10.6. The minimum atomic E-state index is -0.797. The highest BCUT2D eigenvalue weighted by Gasteiger charge is 2.12. The van der Waals surface area contributed by atoms with E-state index in [1.54, 1.807) is 7.11 Å². The van der Waals surface area contributed by atoms with Crippen LogP contribution in [0.25, 0.3) is 11.3 Å². The number of ether oxygens (including phenoxy) is 2. The fraction of sp³-hybridized carbons (Fsp3) is 0.261. The Labute approximate surface area is 165 Å². The molecule has 0 saturated carbocycles. The summed E-state index contributed by atoms with van der Waals surface area (Å²) >= 11 is 0. The molecule has 0 fully saturated rings. The predicted octanol–water partition coefficient (Wildman–Crippen LogP) is 4.57. The minimum Gasteiger partial charge on any atom is -0.497 e. The van der Waals surface area contributed by atoms with Crippen molar-refractivity contribution in [2.45, 2.75) is 26.3 Å². The molecule has 0 amide bonds. The highest BCUT2D eigenvalue weighted by molar-refractivity contribution is 5.67. The molecule has 3 rings (SSSR count). The van der Waals surface area contributed by atoms with Gasteiger partial charge in [0, 0.05) is 11.4 Å². The van der Waals surface area contributed by atoms with E-state index in [0.717, 1.165) is 34.0 Å². The van der Waals surface area contributed by atoms with Crippen molar-refractivity contribution in [3.8, 4) is 22.8 Å². The molecule has 3 aromatic rings. The number of hydrogen-bond donors (Lipinski definition) is 1. The molecule has 146 valence electrons. The zero-order valence-corrected chi connectivity index (χ0v) is 16.2. The summed E-state index contributed by atoms with van der Waals surface area (Å²) < 4.78 is 13.3. The van der Waals surface area contributed by atoms with Crippen LogP contribution in [0.2, 0.25) is 0 Å². The van der Waals surface area contributed by atoms with Gasteiger partial charge in [0.05, 0.1) is 20.1 Å². The van der Waals surface area contributed by atoms with Crippen molar-refractivity contribution in [2.24, 2.45) is 0 Å². The SMILES string of the molecule is COc1ccc(-c2ccc(CCC(=O)O)n2CCOc2cccc(C)c2)cc1. The van der Waals surface area contributed by atoms with Crippen LogP contribution >= 0.6 is 0 Å². The summed E-state index contributed by atoms with van der Waals surface area (Å²) in [6.45, 7) is 3.17. The molecule has 0 atom stereocenters. The van der Waals surface area contributed by atoms with Crippen LogP contribution in [-0.4, -0.2) is 29.4 Å². The lowest BCUT2D eigenvalue weighted by Gasteiger charge is -2.15. The van der Waals surface area contributed by atoms with E-state index in [0.29, 0.717) is 19.6 Å². The van der Waals surface area contributed by atoms with Crippen LogP contribution in [0.15, 0.2) is 60.7 Å². The van der Waals surface area contributed by atoms with Gasteiger partial charge in [0.25, 0.3) is 0 Å². The van der Waals surface area contributed by atoms with Crippen molar-refractivity contribution in [1.82, 2.24) is 4.57 Å². The maximum Gasteiger partial charge on any atom is 0.303 e. The van der Waals surface area contributed by atoms with E-state index in [2.05, 4.69) is 4.57 Å². The van der Waals surface area contributed by atoms with E-state index in [9.17, 15) is 4.79 Å². The smallest absolute Gasteiger partial charge is 0.303 e. The lowest BCUT2D eigenvalue weighted by atomic mass is 10.1. The molecule has 0 aliphatic carbocycles. The Kier molecular flexibility index (Phi) is 6.37. The van der Waals surface area contributed by atoms with Crippen LogP contribution in [-0.2, 0) is 17.8 Å². The van der Waals surface area contributed by atoms with E-state index in [1.165, 1.54) is 0 Å². The summed E-state index contributed by atoms with van der Waals surface area (Å²) in [5, 5.41) is 9.05. The first-order valence-corrected chi connectivity index (χ1v) is 9.31. The number of aliphatic carboxylic acids is 1. The van der Waals surface area contributed by atoms with Crippen LogP contribution in [0.1, 0.15) is 17.7 Å². The van der Waals surface area contributed by atoms with Gasteiger partial charge in [0.1, 0.15) is 18.1 Å². The van der Waals surface area contributed by atoms with E-state index in [-0.39, 0.29) is 6.42 Å². The summed E-state index contributed by atoms with van der Waals surface area (Å²) in [5.74, 6) is 0.843. The highest BCUT2D eigenvalue weighted by Crippen LogP contribution is 2.26. The Balaban J connectivity index is 1.80. The molecular weight excluding hydrogens is 354 g/mol. The molecule has 1 aromatic heterocycles. The van der Waals surface area contributed by atoms with Gasteiger partial charge in [-0.2, -0.15) is 0 Å².